The summed E-state index contributed by atoms with van der Waals surface area (Å²) >= 11 is 0. The Hall–Kier alpha value is -2.30. The molecule has 0 aliphatic carbocycles. The average molecular weight is 443 g/mol. The maximum Gasteiger partial charge on any atom is 0.258 e. The van der Waals surface area contributed by atoms with Gasteiger partial charge in [0.15, 0.2) is 9.84 Å². The van der Waals surface area contributed by atoms with Crippen molar-refractivity contribution in [2.45, 2.75) is 23.6 Å². The summed E-state index contributed by atoms with van der Waals surface area (Å²) in [6.45, 7) is 3.62. The molecule has 2 aromatic rings. The van der Waals surface area contributed by atoms with Gasteiger partial charge >= 0.3 is 0 Å². The molecule has 2 aromatic carbocycles. The van der Waals surface area contributed by atoms with E-state index in [0.29, 0.717) is 5.69 Å². The second kappa shape index (κ2) is 8.60. The minimum atomic E-state index is -4.08. The predicted octanol–water partition coefficient (Wildman–Crippen LogP) is 2.54. The van der Waals surface area contributed by atoms with Crippen molar-refractivity contribution in [3.8, 4) is 0 Å². The molecular weight excluding hydrogens is 419 g/mol. The van der Waals surface area contributed by atoms with Gasteiger partial charge in [0.05, 0.1) is 4.90 Å². The van der Waals surface area contributed by atoms with Crippen LogP contribution >= 0.6 is 0 Å². The van der Waals surface area contributed by atoms with E-state index in [2.05, 4.69) is 0 Å². The Kier molecular flexibility index (Phi) is 6.82. The lowest BCUT2D eigenvalue weighted by Gasteiger charge is -2.21. The molecule has 0 aromatic heterocycles. The molecule has 0 atom stereocenters. The molecule has 0 aliphatic heterocycles. The van der Waals surface area contributed by atoms with Gasteiger partial charge in [-0.25, -0.2) is 21.2 Å². The third-order valence-electron chi connectivity index (χ3n) is 4.46. The van der Waals surface area contributed by atoms with Gasteiger partial charge in [-0.2, -0.15) is 4.31 Å². The van der Waals surface area contributed by atoms with Crippen LogP contribution in [-0.2, 0) is 19.9 Å². The van der Waals surface area contributed by atoms with Gasteiger partial charge in [0, 0.05) is 37.6 Å². The predicted molar refractivity (Wildman–Crippen MR) is 109 cm³/mol. The van der Waals surface area contributed by atoms with Crippen LogP contribution in [0.15, 0.2) is 52.3 Å². The van der Waals surface area contributed by atoms with E-state index in [1.807, 2.05) is 0 Å². The molecule has 0 aliphatic rings. The van der Waals surface area contributed by atoms with Gasteiger partial charge in [-0.3, -0.25) is 4.79 Å². The molecule has 0 bridgehead atoms. The lowest BCUT2D eigenvalue weighted by Crippen LogP contribution is -2.32. The lowest BCUT2D eigenvalue weighted by atomic mass is 10.2. The quantitative estimate of drug-likeness (QED) is 0.657. The molecule has 0 radical (unpaired) electrons. The molecule has 0 spiro atoms. The summed E-state index contributed by atoms with van der Waals surface area (Å²) in [5.74, 6) is -1.50. The smallest absolute Gasteiger partial charge is 0.258 e. The number of carbonyl (C=O) groups excluding carboxylic acids is 1. The standard InChI is InChI=1S/C19H23FN2O5S2/c1-5-22(6-2)29(26,27)18-13-14(7-12-17(18)20)19(23)21(3)15-8-10-16(11-9-15)28(4,24)25/h7-13H,5-6H2,1-4H3. The largest absolute Gasteiger partial charge is 0.311 e. The molecule has 10 heteroatoms. The van der Waals surface area contributed by atoms with Crippen LogP contribution in [0.25, 0.3) is 0 Å². The van der Waals surface area contributed by atoms with Crippen LogP contribution in [0.4, 0.5) is 10.1 Å². The van der Waals surface area contributed by atoms with Crippen LogP contribution < -0.4 is 4.90 Å². The number of amides is 1. The molecule has 0 fully saturated rings. The van der Waals surface area contributed by atoms with Gasteiger partial charge < -0.3 is 4.90 Å². The Labute approximate surface area is 170 Å². The van der Waals surface area contributed by atoms with E-state index in [1.165, 1.54) is 42.3 Å². The Bertz CT molecular complexity index is 1110. The fourth-order valence-electron chi connectivity index (χ4n) is 2.76. The monoisotopic (exact) mass is 442 g/mol. The van der Waals surface area contributed by atoms with Crippen molar-refractivity contribution < 1.29 is 26.0 Å². The minimum Gasteiger partial charge on any atom is -0.311 e. The highest BCUT2D eigenvalue weighted by atomic mass is 32.2. The average Bonchev–Trinajstić information content (AvgIpc) is 2.67. The number of hydrogen-bond acceptors (Lipinski definition) is 5. The number of sulfone groups is 1. The molecule has 0 N–H and O–H groups in total. The van der Waals surface area contributed by atoms with Crippen molar-refractivity contribution >= 4 is 31.5 Å². The van der Waals surface area contributed by atoms with Gasteiger partial charge in [-0.1, -0.05) is 13.8 Å². The van der Waals surface area contributed by atoms with Gasteiger partial charge in [0.1, 0.15) is 10.7 Å². The Balaban J connectivity index is 2.41. The Morgan fingerprint density at radius 1 is 0.966 bits per heavy atom. The summed E-state index contributed by atoms with van der Waals surface area (Å²) in [7, 11) is -6.00. The van der Waals surface area contributed by atoms with E-state index >= 15 is 0 Å². The summed E-state index contributed by atoms with van der Waals surface area (Å²) in [5.41, 5.74) is 0.395. The fourth-order valence-corrected chi connectivity index (χ4v) is 4.94. The van der Waals surface area contributed by atoms with E-state index in [0.717, 1.165) is 22.7 Å². The zero-order valence-corrected chi connectivity index (χ0v) is 18.2. The molecule has 29 heavy (non-hydrogen) atoms. The zero-order valence-electron chi connectivity index (χ0n) is 16.6. The van der Waals surface area contributed by atoms with Crippen LogP contribution in [-0.4, -0.2) is 53.4 Å². The topological polar surface area (TPSA) is 91.8 Å². The highest BCUT2D eigenvalue weighted by molar-refractivity contribution is 7.90. The van der Waals surface area contributed by atoms with Gasteiger partial charge in [0.2, 0.25) is 10.0 Å². The molecule has 1 amide bonds. The second-order valence-corrected chi connectivity index (χ2v) is 10.3. The van der Waals surface area contributed by atoms with E-state index in [1.54, 1.807) is 13.8 Å². The van der Waals surface area contributed by atoms with Crippen LogP contribution in [0.3, 0.4) is 0 Å². The summed E-state index contributed by atoms with van der Waals surface area (Å²) < 4.78 is 63.8. The van der Waals surface area contributed by atoms with Crippen LogP contribution in [0, 0.1) is 5.82 Å². The number of carbonyl (C=O) groups is 1. The molecule has 0 unspecified atom stereocenters. The first kappa shape index (κ1) is 23.0. The van der Waals surface area contributed by atoms with Crippen molar-refractivity contribution in [2.75, 3.05) is 31.3 Å². The number of halogens is 1. The highest BCUT2D eigenvalue weighted by Crippen LogP contribution is 2.23. The molecule has 0 saturated heterocycles. The molecule has 0 heterocycles. The number of anilines is 1. The van der Waals surface area contributed by atoms with Crippen molar-refractivity contribution in [3.63, 3.8) is 0 Å². The number of hydrogen-bond donors (Lipinski definition) is 0. The highest BCUT2D eigenvalue weighted by Gasteiger charge is 2.27. The maximum absolute atomic E-state index is 14.3. The van der Waals surface area contributed by atoms with E-state index < -0.39 is 36.5 Å². The zero-order chi connectivity index (χ0) is 22.0. The number of benzene rings is 2. The van der Waals surface area contributed by atoms with Crippen molar-refractivity contribution in [3.05, 3.63) is 53.8 Å². The summed E-state index contributed by atoms with van der Waals surface area (Å²) in [6, 6.07) is 8.85. The fraction of sp³-hybridized carbons (Fsp3) is 0.316. The van der Waals surface area contributed by atoms with Crippen molar-refractivity contribution in [1.29, 1.82) is 0 Å². The van der Waals surface area contributed by atoms with Gasteiger partial charge in [-0.05, 0) is 42.5 Å². The Morgan fingerprint density at radius 3 is 2.00 bits per heavy atom. The lowest BCUT2D eigenvalue weighted by molar-refractivity contribution is 0.0992. The first-order chi connectivity index (χ1) is 13.4. The number of nitrogens with zero attached hydrogens (tertiary/aromatic N) is 2. The maximum atomic E-state index is 14.3. The van der Waals surface area contributed by atoms with E-state index in [9.17, 15) is 26.0 Å². The third-order valence-corrected chi connectivity index (χ3v) is 7.65. The SMILES string of the molecule is CCN(CC)S(=O)(=O)c1cc(C(=O)N(C)c2ccc(S(C)(=O)=O)cc2)ccc1F. The van der Waals surface area contributed by atoms with Crippen LogP contribution in [0.1, 0.15) is 24.2 Å². The van der Waals surface area contributed by atoms with E-state index in [4.69, 9.17) is 0 Å². The third kappa shape index (κ3) is 4.82. The first-order valence-electron chi connectivity index (χ1n) is 8.81. The molecule has 2 rings (SSSR count). The summed E-state index contributed by atoms with van der Waals surface area (Å²) in [5, 5.41) is 0. The summed E-state index contributed by atoms with van der Waals surface area (Å²) in [4.78, 5) is 13.6. The minimum absolute atomic E-state index is 0.00757. The molecule has 0 saturated carbocycles. The summed E-state index contributed by atoms with van der Waals surface area (Å²) in [6.07, 6.45) is 1.08. The first-order valence-corrected chi connectivity index (χ1v) is 12.1. The number of sulfonamides is 1. The number of rotatable bonds is 7. The van der Waals surface area contributed by atoms with Crippen LogP contribution in [0.5, 0.6) is 0 Å². The molecule has 7 nitrogen and oxygen atoms in total. The van der Waals surface area contributed by atoms with Crippen molar-refractivity contribution in [2.24, 2.45) is 0 Å². The molecular formula is C19H23FN2O5S2. The van der Waals surface area contributed by atoms with Gasteiger partial charge in [0.25, 0.3) is 5.91 Å². The van der Waals surface area contributed by atoms with E-state index in [-0.39, 0.29) is 23.5 Å². The normalized spacial score (nSPS) is 12.2. The Morgan fingerprint density at radius 2 is 1.52 bits per heavy atom. The van der Waals surface area contributed by atoms with Gasteiger partial charge in [-0.15, -0.1) is 0 Å². The second-order valence-electron chi connectivity index (χ2n) is 6.36. The van der Waals surface area contributed by atoms with Crippen molar-refractivity contribution in [1.82, 2.24) is 4.31 Å². The van der Waals surface area contributed by atoms with Crippen LogP contribution in [0.2, 0.25) is 0 Å². The molecule has 158 valence electrons.